The zero-order chi connectivity index (χ0) is 8.97. The average molecular weight is 172 g/mol. The lowest BCUT2D eigenvalue weighted by atomic mass is 10.1. The SMILES string of the molecule is CC(=O)COC[C@H]1OCC[C@@H]1C. The Bertz CT molecular complexity index is 156. The molecule has 0 spiro atoms. The molecule has 0 aromatic carbocycles. The third kappa shape index (κ3) is 2.91. The predicted molar refractivity (Wildman–Crippen MR) is 45.0 cm³/mol. The third-order valence-corrected chi connectivity index (χ3v) is 2.13. The van der Waals surface area contributed by atoms with Crippen LogP contribution in [0.4, 0.5) is 0 Å². The molecule has 3 nitrogen and oxygen atoms in total. The Kier molecular flexibility index (Phi) is 3.69. The Balaban J connectivity index is 2.10. The van der Waals surface area contributed by atoms with Gasteiger partial charge in [-0.25, -0.2) is 0 Å². The quantitative estimate of drug-likeness (QED) is 0.635. The van der Waals surface area contributed by atoms with Crippen molar-refractivity contribution in [3.63, 3.8) is 0 Å². The molecule has 0 aliphatic carbocycles. The molecule has 1 aliphatic heterocycles. The van der Waals surface area contributed by atoms with Crippen molar-refractivity contribution in [3.05, 3.63) is 0 Å². The van der Waals surface area contributed by atoms with Crippen LogP contribution >= 0.6 is 0 Å². The largest absolute Gasteiger partial charge is 0.376 e. The molecular formula is C9H16O3. The average Bonchev–Trinajstić information content (AvgIpc) is 2.36. The second-order valence-electron chi connectivity index (χ2n) is 3.39. The molecule has 0 amide bonds. The van der Waals surface area contributed by atoms with E-state index >= 15 is 0 Å². The van der Waals surface area contributed by atoms with Crippen LogP contribution in [0, 0.1) is 5.92 Å². The highest BCUT2D eigenvalue weighted by Gasteiger charge is 2.24. The van der Waals surface area contributed by atoms with Gasteiger partial charge < -0.3 is 9.47 Å². The molecule has 0 radical (unpaired) electrons. The van der Waals surface area contributed by atoms with E-state index in [-0.39, 0.29) is 18.5 Å². The van der Waals surface area contributed by atoms with Crippen molar-refractivity contribution >= 4 is 5.78 Å². The van der Waals surface area contributed by atoms with Gasteiger partial charge in [0.05, 0.1) is 12.7 Å². The molecule has 0 bridgehead atoms. The van der Waals surface area contributed by atoms with E-state index in [4.69, 9.17) is 9.47 Å². The molecule has 1 saturated heterocycles. The maximum atomic E-state index is 10.5. The summed E-state index contributed by atoms with van der Waals surface area (Å²) < 4.78 is 10.6. The number of carbonyl (C=O) groups excluding carboxylic acids is 1. The first-order valence-corrected chi connectivity index (χ1v) is 4.39. The van der Waals surface area contributed by atoms with E-state index in [0.717, 1.165) is 13.0 Å². The van der Waals surface area contributed by atoms with Crippen molar-refractivity contribution < 1.29 is 14.3 Å². The summed E-state index contributed by atoms with van der Waals surface area (Å²) in [5, 5.41) is 0. The Hall–Kier alpha value is -0.410. The van der Waals surface area contributed by atoms with Gasteiger partial charge in [0.1, 0.15) is 6.61 Å². The van der Waals surface area contributed by atoms with Crippen molar-refractivity contribution in [1.29, 1.82) is 0 Å². The fraction of sp³-hybridized carbons (Fsp3) is 0.889. The molecule has 1 heterocycles. The van der Waals surface area contributed by atoms with Crippen LogP contribution < -0.4 is 0 Å². The van der Waals surface area contributed by atoms with Crippen LogP contribution in [0.2, 0.25) is 0 Å². The van der Waals surface area contributed by atoms with E-state index in [1.807, 2.05) is 0 Å². The molecule has 1 aliphatic rings. The molecule has 0 aromatic heterocycles. The number of hydrogen-bond acceptors (Lipinski definition) is 3. The van der Waals surface area contributed by atoms with Gasteiger partial charge in [0.2, 0.25) is 0 Å². The molecule has 70 valence electrons. The van der Waals surface area contributed by atoms with E-state index in [2.05, 4.69) is 6.92 Å². The van der Waals surface area contributed by atoms with Crippen LogP contribution in [0.15, 0.2) is 0 Å². The lowest BCUT2D eigenvalue weighted by Crippen LogP contribution is -2.22. The fourth-order valence-corrected chi connectivity index (χ4v) is 1.29. The molecule has 0 saturated carbocycles. The molecule has 0 N–H and O–H groups in total. The van der Waals surface area contributed by atoms with Gasteiger partial charge in [0.15, 0.2) is 5.78 Å². The van der Waals surface area contributed by atoms with Crippen molar-refractivity contribution in [2.45, 2.75) is 26.4 Å². The highest BCUT2D eigenvalue weighted by Crippen LogP contribution is 2.19. The summed E-state index contributed by atoms with van der Waals surface area (Å²) >= 11 is 0. The van der Waals surface area contributed by atoms with Crippen LogP contribution in [-0.4, -0.2) is 31.7 Å². The molecule has 3 heteroatoms. The smallest absolute Gasteiger partial charge is 0.155 e. The van der Waals surface area contributed by atoms with Gasteiger partial charge in [-0.3, -0.25) is 4.79 Å². The van der Waals surface area contributed by atoms with Crippen LogP contribution in [0.1, 0.15) is 20.3 Å². The van der Waals surface area contributed by atoms with E-state index < -0.39 is 0 Å². The Morgan fingerprint density at radius 3 is 2.92 bits per heavy atom. The maximum absolute atomic E-state index is 10.5. The molecule has 12 heavy (non-hydrogen) atoms. The Labute approximate surface area is 73.0 Å². The molecule has 0 aromatic rings. The fourth-order valence-electron chi connectivity index (χ4n) is 1.29. The lowest BCUT2D eigenvalue weighted by Gasteiger charge is -2.13. The van der Waals surface area contributed by atoms with Crippen molar-refractivity contribution in [3.8, 4) is 0 Å². The summed E-state index contributed by atoms with van der Waals surface area (Å²) in [5.41, 5.74) is 0. The standard InChI is InChI=1S/C9H16O3/c1-7-3-4-12-9(7)6-11-5-8(2)10/h7,9H,3-6H2,1-2H3/t7-,9+/m0/s1. The second-order valence-corrected chi connectivity index (χ2v) is 3.39. The number of ketones is 1. The topological polar surface area (TPSA) is 35.5 Å². The van der Waals surface area contributed by atoms with Crippen LogP contribution in [-0.2, 0) is 14.3 Å². The summed E-state index contributed by atoms with van der Waals surface area (Å²) in [6.45, 7) is 5.27. The normalized spacial score (nSPS) is 29.2. The summed E-state index contributed by atoms with van der Waals surface area (Å²) in [6, 6.07) is 0. The number of rotatable bonds is 4. The number of Topliss-reactive ketones (excluding diaryl/α,β-unsaturated/α-hetero) is 1. The molecule has 1 fully saturated rings. The third-order valence-electron chi connectivity index (χ3n) is 2.13. The number of ether oxygens (including phenoxy) is 2. The first kappa shape index (κ1) is 9.68. The van der Waals surface area contributed by atoms with E-state index in [9.17, 15) is 4.79 Å². The van der Waals surface area contributed by atoms with Crippen molar-refractivity contribution in [1.82, 2.24) is 0 Å². The van der Waals surface area contributed by atoms with Crippen molar-refractivity contribution in [2.75, 3.05) is 19.8 Å². The zero-order valence-electron chi connectivity index (χ0n) is 7.71. The Morgan fingerprint density at radius 2 is 2.42 bits per heavy atom. The first-order chi connectivity index (χ1) is 5.70. The van der Waals surface area contributed by atoms with E-state index in [0.29, 0.717) is 12.5 Å². The van der Waals surface area contributed by atoms with Crippen molar-refractivity contribution in [2.24, 2.45) is 5.92 Å². The first-order valence-electron chi connectivity index (χ1n) is 4.39. The van der Waals surface area contributed by atoms with Gasteiger partial charge in [-0.05, 0) is 19.3 Å². The molecule has 0 unspecified atom stereocenters. The summed E-state index contributed by atoms with van der Waals surface area (Å²) in [5.74, 6) is 0.637. The van der Waals surface area contributed by atoms with E-state index in [1.165, 1.54) is 6.92 Å². The summed E-state index contributed by atoms with van der Waals surface area (Å²) in [4.78, 5) is 10.5. The minimum atomic E-state index is 0.0700. The zero-order valence-corrected chi connectivity index (χ0v) is 7.71. The minimum absolute atomic E-state index is 0.0700. The highest BCUT2D eigenvalue weighted by molar-refractivity contribution is 5.76. The highest BCUT2D eigenvalue weighted by atomic mass is 16.5. The molecule has 1 rings (SSSR count). The summed E-state index contributed by atoms with van der Waals surface area (Å²) in [7, 11) is 0. The van der Waals surface area contributed by atoms with Gasteiger partial charge >= 0.3 is 0 Å². The number of hydrogen-bond donors (Lipinski definition) is 0. The molecular weight excluding hydrogens is 156 g/mol. The predicted octanol–water partition coefficient (Wildman–Crippen LogP) is 1.02. The molecule has 2 atom stereocenters. The van der Waals surface area contributed by atoms with Gasteiger partial charge in [-0.1, -0.05) is 6.92 Å². The van der Waals surface area contributed by atoms with Crippen LogP contribution in [0.5, 0.6) is 0 Å². The van der Waals surface area contributed by atoms with E-state index in [1.54, 1.807) is 0 Å². The summed E-state index contributed by atoms with van der Waals surface area (Å²) in [6.07, 6.45) is 1.30. The monoisotopic (exact) mass is 172 g/mol. The van der Waals surface area contributed by atoms with Gasteiger partial charge in [0, 0.05) is 6.61 Å². The Morgan fingerprint density at radius 1 is 1.67 bits per heavy atom. The maximum Gasteiger partial charge on any atom is 0.155 e. The lowest BCUT2D eigenvalue weighted by molar-refractivity contribution is -0.122. The van der Waals surface area contributed by atoms with Gasteiger partial charge in [0.25, 0.3) is 0 Å². The minimum Gasteiger partial charge on any atom is -0.376 e. The number of carbonyl (C=O) groups is 1. The van der Waals surface area contributed by atoms with Gasteiger partial charge in [-0.15, -0.1) is 0 Å². The second kappa shape index (κ2) is 4.58. The van der Waals surface area contributed by atoms with Crippen LogP contribution in [0.25, 0.3) is 0 Å². The van der Waals surface area contributed by atoms with Gasteiger partial charge in [-0.2, -0.15) is 0 Å². The van der Waals surface area contributed by atoms with Crippen LogP contribution in [0.3, 0.4) is 0 Å².